The van der Waals surface area contributed by atoms with Crippen molar-refractivity contribution in [3.05, 3.63) is 0 Å². The van der Waals surface area contributed by atoms with Crippen LogP contribution in [0.2, 0.25) is 0 Å². The van der Waals surface area contributed by atoms with E-state index in [2.05, 4.69) is 5.32 Å². The predicted molar refractivity (Wildman–Crippen MR) is 360 cm³/mol. The van der Waals surface area contributed by atoms with Crippen LogP contribution in [0.25, 0.3) is 0 Å². The van der Waals surface area contributed by atoms with E-state index in [1.54, 1.807) is 0 Å². The first kappa shape index (κ1) is 79.4. The van der Waals surface area contributed by atoms with Gasteiger partial charge in [-0.1, -0.05) is 443 Å². The van der Waals surface area contributed by atoms with Crippen LogP contribution in [0.3, 0.4) is 0 Å². The maximum atomic E-state index is 10.5. The van der Waals surface area contributed by atoms with Crippen molar-refractivity contribution < 1.29 is 15.0 Å². The molecular weight excluding hydrogens is 975 g/mol. The average Bonchev–Trinajstić information content (AvgIpc) is 3.46. The number of hydrogen-bond acceptors (Lipinski definition) is 3. The quantitative estimate of drug-likeness (QED) is 0.0531. The minimum absolute atomic E-state index is 0.235. The van der Waals surface area contributed by atoms with E-state index in [1.807, 2.05) is 0 Å². The molecule has 80 heavy (non-hydrogen) atoms. The summed E-state index contributed by atoms with van der Waals surface area (Å²) in [6.45, 7) is 1.94. The van der Waals surface area contributed by atoms with E-state index in [1.165, 1.54) is 449 Å². The van der Waals surface area contributed by atoms with E-state index in [0.717, 1.165) is 13.0 Å². The van der Waals surface area contributed by atoms with Crippen LogP contribution in [0.4, 0.5) is 0 Å². The van der Waals surface area contributed by atoms with Crippen molar-refractivity contribution in [2.24, 2.45) is 0 Å². The van der Waals surface area contributed by atoms with Gasteiger partial charge in [0.1, 0.15) is 0 Å². The minimum Gasteiger partial charge on any atom is -0.481 e. The van der Waals surface area contributed by atoms with Crippen LogP contribution in [-0.2, 0) is 4.79 Å². The molecule has 0 unspecified atom stereocenters. The van der Waals surface area contributed by atoms with Crippen molar-refractivity contribution >= 4 is 5.97 Å². The van der Waals surface area contributed by atoms with Crippen LogP contribution in [0.15, 0.2) is 0 Å². The molecule has 0 aromatic rings. The molecule has 3 N–H and O–H groups in total. The molecule has 0 atom stereocenters. The zero-order valence-electron chi connectivity index (χ0n) is 55.3. The molecule has 4 heteroatoms. The van der Waals surface area contributed by atoms with Gasteiger partial charge in [0.05, 0.1) is 6.42 Å². The number of aliphatic hydroxyl groups excluding tert-OH is 1. The zero-order valence-corrected chi connectivity index (χ0v) is 55.3. The first-order valence-electron chi connectivity index (χ1n) is 38.3. The Morgan fingerprint density at radius 3 is 0.400 bits per heavy atom. The number of unbranched alkanes of at least 4 members (excludes halogenated alkanes) is 70. The van der Waals surface area contributed by atoms with Gasteiger partial charge < -0.3 is 15.5 Å². The zero-order chi connectivity index (χ0) is 57.3. The fraction of sp³-hybridized carbons (Fsp3) is 0.987. The lowest BCUT2D eigenvalue weighted by molar-refractivity contribution is -0.136. The van der Waals surface area contributed by atoms with Crippen LogP contribution in [-0.4, -0.2) is 35.9 Å². The van der Waals surface area contributed by atoms with Gasteiger partial charge in [-0.3, -0.25) is 4.79 Å². The van der Waals surface area contributed by atoms with Crippen molar-refractivity contribution in [1.29, 1.82) is 0 Å². The molecule has 0 aliphatic carbocycles. The maximum absolute atomic E-state index is 10.5. The third-order valence-corrected chi connectivity index (χ3v) is 18.5. The number of carbonyl (C=O) groups is 1. The molecule has 0 aliphatic heterocycles. The summed E-state index contributed by atoms with van der Waals surface area (Å²) in [5, 5.41) is 20.7. The Hall–Kier alpha value is -0.610. The van der Waals surface area contributed by atoms with Crippen molar-refractivity contribution in [3.8, 4) is 0 Å². The number of hydrogen-bond donors (Lipinski definition) is 3. The second-order valence-corrected chi connectivity index (χ2v) is 26.7. The maximum Gasteiger partial charge on any atom is 0.304 e. The van der Waals surface area contributed by atoms with Gasteiger partial charge in [0.2, 0.25) is 0 Å². The molecule has 480 valence electrons. The third-order valence-electron chi connectivity index (χ3n) is 18.5. The van der Waals surface area contributed by atoms with E-state index in [-0.39, 0.29) is 6.42 Å². The van der Waals surface area contributed by atoms with Gasteiger partial charge in [-0.2, -0.15) is 0 Å². The Labute approximate surface area is 505 Å². The lowest BCUT2D eigenvalue weighted by Gasteiger charge is -2.05. The van der Waals surface area contributed by atoms with Crippen LogP contribution in [0.5, 0.6) is 0 Å². The number of rotatable bonds is 76. The molecular formula is C76H153NO3. The fourth-order valence-electron chi connectivity index (χ4n) is 12.9. The number of carboxylic acid groups (broad SMARTS) is 1. The third kappa shape index (κ3) is 77.4. The standard InChI is InChI=1S/C76H153NO3/c78-75-71-69-67-65-63-61-59-57-55-53-51-49-47-45-43-41-39-37-35-33-31-29-27-25-23-21-19-17-15-13-11-9-7-5-3-1-2-4-6-8-10-12-14-16-18-20-22-24-26-28-30-32-34-36-38-40-42-44-46-48-50-52-54-56-58-60-62-64-66-68-70-73-77-74-72-76(79)80/h77-78H,1-75H2,(H,79,80). The summed E-state index contributed by atoms with van der Waals surface area (Å²) in [6, 6.07) is 0. The summed E-state index contributed by atoms with van der Waals surface area (Å²) in [6.07, 6.45) is 103. The SMILES string of the molecule is O=C(O)CCNCCCCCCCCCCCCCCCCCCCCCCCCCCCCCCCCCCCCCCCCCCCCCCCCCCCCCCCCCCCCCCCCCCCCCCCCCO. The number of aliphatic carboxylic acids is 1. The second kappa shape index (κ2) is 76.4. The number of nitrogens with one attached hydrogen (secondary N) is 1. The van der Waals surface area contributed by atoms with E-state index >= 15 is 0 Å². The monoisotopic (exact) mass is 1130 g/mol. The summed E-state index contributed by atoms with van der Waals surface area (Å²) < 4.78 is 0. The summed E-state index contributed by atoms with van der Waals surface area (Å²) in [4.78, 5) is 10.5. The van der Waals surface area contributed by atoms with Crippen molar-refractivity contribution in [3.63, 3.8) is 0 Å². The molecule has 0 heterocycles. The van der Waals surface area contributed by atoms with Crippen molar-refractivity contribution in [1.82, 2.24) is 5.32 Å². The van der Waals surface area contributed by atoms with Crippen LogP contribution >= 0.6 is 0 Å². The topological polar surface area (TPSA) is 69.6 Å². The molecule has 4 nitrogen and oxygen atoms in total. The first-order chi connectivity index (χ1) is 39.8. The minimum atomic E-state index is -0.708. The van der Waals surface area contributed by atoms with E-state index < -0.39 is 5.97 Å². The Morgan fingerprint density at radius 1 is 0.175 bits per heavy atom. The van der Waals surface area contributed by atoms with Gasteiger partial charge >= 0.3 is 5.97 Å². The first-order valence-corrected chi connectivity index (χ1v) is 38.3. The molecule has 0 spiro atoms. The van der Waals surface area contributed by atoms with Gasteiger partial charge in [-0.05, 0) is 19.4 Å². The van der Waals surface area contributed by atoms with Gasteiger partial charge in [0.25, 0.3) is 0 Å². The van der Waals surface area contributed by atoms with Gasteiger partial charge in [0, 0.05) is 13.2 Å². The van der Waals surface area contributed by atoms with Gasteiger partial charge in [0.15, 0.2) is 0 Å². The van der Waals surface area contributed by atoms with Crippen LogP contribution in [0.1, 0.15) is 462 Å². The highest BCUT2D eigenvalue weighted by Gasteiger charge is 2.02. The van der Waals surface area contributed by atoms with Crippen LogP contribution < -0.4 is 5.32 Å². The van der Waals surface area contributed by atoms with Gasteiger partial charge in [-0.15, -0.1) is 0 Å². The Bertz CT molecular complexity index is 1060. The molecule has 0 saturated heterocycles. The van der Waals surface area contributed by atoms with E-state index in [0.29, 0.717) is 13.2 Å². The van der Waals surface area contributed by atoms with Gasteiger partial charge in [-0.25, -0.2) is 0 Å². The van der Waals surface area contributed by atoms with E-state index in [9.17, 15) is 4.79 Å². The molecule has 0 aliphatic rings. The molecule has 0 bridgehead atoms. The fourth-order valence-corrected chi connectivity index (χ4v) is 12.9. The molecule has 0 amide bonds. The molecule has 0 saturated carbocycles. The molecule has 0 aromatic heterocycles. The summed E-state index contributed by atoms with van der Waals surface area (Å²) in [5.74, 6) is -0.708. The molecule has 0 fully saturated rings. The summed E-state index contributed by atoms with van der Waals surface area (Å²) in [7, 11) is 0. The van der Waals surface area contributed by atoms with Crippen molar-refractivity contribution in [2.45, 2.75) is 462 Å². The molecule has 0 rings (SSSR count). The number of carboxylic acids is 1. The Balaban J connectivity index is 3.08. The van der Waals surface area contributed by atoms with Crippen LogP contribution in [0, 0.1) is 0 Å². The lowest BCUT2D eigenvalue weighted by atomic mass is 10.0. The average molecular weight is 1130 g/mol. The highest BCUT2D eigenvalue weighted by molar-refractivity contribution is 5.66. The number of aliphatic hydroxyl groups is 1. The highest BCUT2D eigenvalue weighted by Crippen LogP contribution is 2.21. The largest absolute Gasteiger partial charge is 0.481 e. The summed E-state index contributed by atoms with van der Waals surface area (Å²) >= 11 is 0. The Morgan fingerprint density at radius 2 is 0.287 bits per heavy atom. The normalized spacial score (nSPS) is 11.7. The second-order valence-electron chi connectivity index (χ2n) is 26.7. The summed E-state index contributed by atoms with van der Waals surface area (Å²) in [5.41, 5.74) is 0. The van der Waals surface area contributed by atoms with E-state index in [4.69, 9.17) is 10.2 Å². The Kier molecular flexibility index (Phi) is 75.8. The van der Waals surface area contributed by atoms with Crippen molar-refractivity contribution in [2.75, 3.05) is 19.7 Å². The lowest BCUT2D eigenvalue weighted by Crippen LogP contribution is -2.19. The smallest absolute Gasteiger partial charge is 0.304 e. The predicted octanol–water partition coefficient (Wildman–Crippen LogP) is 26.7. The molecule has 0 radical (unpaired) electrons. The highest BCUT2D eigenvalue weighted by atomic mass is 16.4. The molecule has 0 aromatic carbocycles.